The van der Waals surface area contributed by atoms with Gasteiger partial charge in [-0.15, -0.1) is 0 Å². The Hall–Kier alpha value is -3.24. The number of hydrogen-bond acceptors (Lipinski definition) is 8. The SMILES string of the molecule is COc1cc(OC)cc(C(=O)NC(=S)Nc2nc3ccc(C(=O)OC(C)C)cc3s2)c1. The number of carbonyl (C=O) groups is 2. The summed E-state index contributed by atoms with van der Waals surface area (Å²) in [7, 11) is 3.01. The lowest BCUT2D eigenvalue weighted by Crippen LogP contribution is -2.34. The second kappa shape index (κ2) is 9.71. The number of rotatable bonds is 6. The fourth-order valence-corrected chi connectivity index (χ4v) is 3.79. The van der Waals surface area contributed by atoms with E-state index in [9.17, 15) is 9.59 Å². The monoisotopic (exact) mass is 459 g/mol. The zero-order valence-electron chi connectivity index (χ0n) is 17.3. The van der Waals surface area contributed by atoms with Gasteiger partial charge in [0.2, 0.25) is 0 Å². The fraction of sp³-hybridized carbons (Fsp3) is 0.238. The molecule has 2 aromatic carbocycles. The van der Waals surface area contributed by atoms with Crippen LogP contribution in [-0.2, 0) is 4.74 Å². The van der Waals surface area contributed by atoms with E-state index in [1.807, 2.05) is 0 Å². The highest BCUT2D eigenvalue weighted by molar-refractivity contribution is 7.80. The van der Waals surface area contributed by atoms with E-state index in [4.69, 9.17) is 26.4 Å². The Labute approximate surface area is 188 Å². The van der Waals surface area contributed by atoms with E-state index in [2.05, 4.69) is 15.6 Å². The van der Waals surface area contributed by atoms with Gasteiger partial charge in [0.05, 0.1) is 36.1 Å². The molecular formula is C21H21N3O5S2. The number of fused-ring (bicyclic) bond motifs is 1. The Morgan fingerprint density at radius 2 is 1.71 bits per heavy atom. The van der Waals surface area contributed by atoms with Crippen molar-refractivity contribution < 1.29 is 23.8 Å². The maximum Gasteiger partial charge on any atom is 0.338 e. The minimum Gasteiger partial charge on any atom is -0.497 e. The second-order valence-electron chi connectivity index (χ2n) is 6.67. The number of thiazole rings is 1. The number of hydrogen-bond donors (Lipinski definition) is 2. The molecule has 0 aliphatic rings. The third-order valence-corrected chi connectivity index (χ3v) is 5.17. The molecule has 1 amide bonds. The van der Waals surface area contributed by atoms with Gasteiger partial charge in [-0.05, 0) is 56.4 Å². The van der Waals surface area contributed by atoms with Gasteiger partial charge in [0, 0.05) is 11.6 Å². The molecule has 1 heterocycles. The van der Waals surface area contributed by atoms with Crippen LogP contribution in [0.25, 0.3) is 10.2 Å². The van der Waals surface area contributed by atoms with E-state index < -0.39 is 11.9 Å². The smallest absolute Gasteiger partial charge is 0.338 e. The second-order valence-corrected chi connectivity index (χ2v) is 8.10. The van der Waals surface area contributed by atoms with Crippen molar-refractivity contribution in [3.8, 4) is 11.5 Å². The van der Waals surface area contributed by atoms with E-state index in [0.29, 0.717) is 33.3 Å². The normalized spacial score (nSPS) is 10.6. The predicted octanol–water partition coefficient (Wildman–Crippen LogP) is 4.01. The van der Waals surface area contributed by atoms with Gasteiger partial charge in [0.25, 0.3) is 5.91 Å². The Balaban J connectivity index is 1.70. The summed E-state index contributed by atoms with van der Waals surface area (Å²) in [6, 6.07) is 9.93. The van der Waals surface area contributed by atoms with Gasteiger partial charge in [-0.1, -0.05) is 11.3 Å². The minimum atomic E-state index is -0.422. The van der Waals surface area contributed by atoms with E-state index in [-0.39, 0.29) is 11.2 Å². The average Bonchev–Trinajstić information content (AvgIpc) is 3.13. The molecule has 2 N–H and O–H groups in total. The fourth-order valence-electron chi connectivity index (χ4n) is 2.63. The van der Waals surface area contributed by atoms with Crippen LogP contribution in [0.4, 0.5) is 5.13 Å². The van der Waals surface area contributed by atoms with Crippen LogP contribution in [0, 0.1) is 0 Å². The van der Waals surface area contributed by atoms with E-state index in [0.717, 1.165) is 4.70 Å². The average molecular weight is 460 g/mol. The molecule has 8 nitrogen and oxygen atoms in total. The van der Waals surface area contributed by atoms with Crippen LogP contribution in [-0.4, -0.2) is 42.3 Å². The quantitative estimate of drug-likeness (QED) is 0.422. The highest BCUT2D eigenvalue weighted by atomic mass is 32.1. The number of methoxy groups -OCH3 is 2. The highest BCUT2D eigenvalue weighted by Gasteiger charge is 2.15. The first-order valence-corrected chi connectivity index (χ1v) is 10.5. The topological polar surface area (TPSA) is 98.8 Å². The van der Waals surface area contributed by atoms with Crippen molar-refractivity contribution in [2.45, 2.75) is 20.0 Å². The van der Waals surface area contributed by atoms with Crippen LogP contribution in [0.15, 0.2) is 36.4 Å². The van der Waals surface area contributed by atoms with E-state index in [1.165, 1.54) is 25.6 Å². The molecule has 31 heavy (non-hydrogen) atoms. The van der Waals surface area contributed by atoms with Gasteiger partial charge in [-0.2, -0.15) is 0 Å². The van der Waals surface area contributed by atoms with Gasteiger partial charge in [0.1, 0.15) is 11.5 Å². The van der Waals surface area contributed by atoms with Crippen LogP contribution in [0.2, 0.25) is 0 Å². The first kappa shape index (κ1) is 22.4. The highest BCUT2D eigenvalue weighted by Crippen LogP contribution is 2.27. The van der Waals surface area contributed by atoms with Gasteiger partial charge in [-0.3, -0.25) is 10.1 Å². The van der Waals surface area contributed by atoms with Crippen molar-refractivity contribution in [1.29, 1.82) is 0 Å². The Kier molecular flexibility index (Phi) is 7.03. The maximum atomic E-state index is 12.5. The first-order valence-electron chi connectivity index (χ1n) is 9.26. The minimum absolute atomic E-state index is 0.0882. The summed E-state index contributed by atoms with van der Waals surface area (Å²) in [4.78, 5) is 29.1. The van der Waals surface area contributed by atoms with Crippen LogP contribution in [0.5, 0.6) is 11.5 Å². The predicted molar refractivity (Wildman–Crippen MR) is 123 cm³/mol. The Bertz CT molecular complexity index is 1120. The van der Waals surface area contributed by atoms with Crippen LogP contribution in [0.1, 0.15) is 34.6 Å². The van der Waals surface area contributed by atoms with Gasteiger partial charge in [-0.25, -0.2) is 9.78 Å². The molecule has 0 unspecified atom stereocenters. The number of nitrogens with one attached hydrogen (secondary N) is 2. The molecule has 0 aliphatic carbocycles. The summed E-state index contributed by atoms with van der Waals surface area (Å²) < 4.78 is 16.4. The van der Waals surface area contributed by atoms with Crippen molar-refractivity contribution in [3.05, 3.63) is 47.5 Å². The van der Waals surface area contributed by atoms with Crippen molar-refractivity contribution in [3.63, 3.8) is 0 Å². The summed E-state index contributed by atoms with van der Waals surface area (Å²) in [6.07, 6.45) is -0.201. The summed E-state index contributed by atoms with van der Waals surface area (Å²) >= 11 is 6.54. The van der Waals surface area contributed by atoms with Gasteiger partial charge < -0.3 is 19.5 Å². The molecule has 3 aromatic rings. The Morgan fingerprint density at radius 1 is 1.03 bits per heavy atom. The van der Waals surface area contributed by atoms with Crippen molar-refractivity contribution in [1.82, 2.24) is 10.3 Å². The number of aromatic nitrogens is 1. The number of benzene rings is 2. The molecule has 10 heteroatoms. The van der Waals surface area contributed by atoms with Crippen molar-refractivity contribution in [2.75, 3.05) is 19.5 Å². The van der Waals surface area contributed by atoms with Crippen molar-refractivity contribution in [2.24, 2.45) is 0 Å². The number of amides is 1. The van der Waals surface area contributed by atoms with Gasteiger partial charge >= 0.3 is 5.97 Å². The number of ether oxygens (including phenoxy) is 3. The zero-order chi connectivity index (χ0) is 22.5. The maximum absolute atomic E-state index is 12.5. The molecule has 0 radical (unpaired) electrons. The molecular weight excluding hydrogens is 438 g/mol. The Morgan fingerprint density at radius 3 is 2.32 bits per heavy atom. The molecule has 0 saturated heterocycles. The molecule has 0 fully saturated rings. The summed E-state index contributed by atoms with van der Waals surface area (Å²) in [5, 5.41) is 6.08. The summed E-state index contributed by atoms with van der Waals surface area (Å²) in [5.41, 5.74) is 1.47. The molecule has 0 aliphatic heterocycles. The third kappa shape index (κ3) is 5.68. The number of nitrogens with zero attached hydrogens (tertiary/aromatic N) is 1. The lowest BCUT2D eigenvalue weighted by atomic mass is 10.2. The number of anilines is 1. The van der Waals surface area contributed by atoms with Crippen LogP contribution < -0.4 is 20.1 Å². The molecule has 1 aromatic heterocycles. The van der Waals surface area contributed by atoms with Crippen LogP contribution >= 0.6 is 23.6 Å². The van der Waals surface area contributed by atoms with E-state index >= 15 is 0 Å². The zero-order valence-corrected chi connectivity index (χ0v) is 19.0. The standard InChI is InChI=1S/C21H21N3O5S2/c1-11(2)29-19(26)12-5-6-16-17(9-12)31-21(22-16)24-20(30)23-18(25)13-7-14(27-3)10-15(8-13)28-4/h5-11H,1-4H3,(H2,22,23,24,25,30). The van der Waals surface area contributed by atoms with Crippen LogP contribution in [0.3, 0.4) is 0 Å². The lowest BCUT2D eigenvalue weighted by molar-refractivity contribution is 0.0378. The first-order chi connectivity index (χ1) is 14.8. The lowest BCUT2D eigenvalue weighted by Gasteiger charge is -2.10. The largest absolute Gasteiger partial charge is 0.497 e. The molecule has 0 atom stereocenters. The van der Waals surface area contributed by atoms with Gasteiger partial charge in [0.15, 0.2) is 10.2 Å². The van der Waals surface area contributed by atoms with E-state index in [1.54, 1.807) is 50.2 Å². The molecule has 0 saturated carbocycles. The number of carbonyl (C=O) groups excluding carboxylic acids is 2. The molecule has 0 bridgehead atoms. The summed E-state index contributed by atoms with van der Waals surface area (Å²) in [5.74, 6) is 0.161. The molecule has 3 rings (SSSR count). The number of esters is 1. The summed E-state index contributed by atoms with van der Waals surface area (Å²) in [6.45, 7) is 3.59. The molecule has 162 valence electrons. The molecule has 0 spiro atoms. The van der Waals surface area contributed by atoms with Crippen molar-refractivity contribution >= 4 is 55.9 Å². The third-order valence-electron chi connectivity index (χ3n) is 4.03. The number of thiocarbonyl (C=S) groups is 1.